The Labute approximate surface area is 151 Å². The molecule has 0 bridgehead atoms. The first-order valence-corrected chi connectivity index (χ1v) is 8.82. The molecule has 2 aliphatic heterocycles. The zero-order valence-electron chi connectivity index (χ0n) is 14.4. The highest BCUT2D eigenvalue weighted by molar-refractivity contribution is 5.95. The number of hydrogen-bond acceptors (Lipinski definition) is 3. The molecule has 134 valence electrons. The lowest BCUT2D eigenvalue weighted by Gasteiger charge is -2.23. The molecule has 2 aromatic rings. The van der Waals surface area contributed by atoms with E-state index in [0.29, 0.717) is 38.2 Å². The molecule has 0 N–H and O–H groups in total. The van der Waals surface area contributed by atoms with Gasteiger partial charge < -0.3 is 9.80 Å². The summed E-state index contributed by atoms with van der Waals surface area (Å²) in [6, 6.07) is 11.2. The molecule has 3 heterocycles. The molecule has 2 amide bonds. The van der Waals surface area contributed by atoms with Gasteiger partial charge in [0.25, 0.3) is 5.91 Å². The van der Waals surface area contributed by atoms with Crippen molar-refractivity contribution in [3.8, 4) is 0 Å². The second-order valence-electron chi connectivity index (χ2n) is 7.06. The van der Waals surface area contributed by atoms with E-state index >= 15 is 0 Å². The van der Waals surface area contributed by atoms with E-state index < -0.39 is 5.41 Å². The Balaban J connectivity index is 1.45. The highest BCUT2D eigenvalue weighted by Gasteiger charge is 2.51. The summed E-state index contributed by atoms with van der Waals surface area (Å²) in [7, 11) is 0. The number of rotatable bonds is 3. The van der Waals surface area contributed by atoms with Crippen LogP contribution in [0, 0.1) is 11.2 Å². The van der Waals surface area contributed by atoms with Gasteiger partial charge in [0.2, 0.25) is 5.91 Å². The van der Waals surface area contributed by atoms with Crippen molar-refractivity contribution in [1.82, 2.24) is 14.8 Å². The fourth-order valence-corrected chi connectivity index (χ4v) is 3.93. The van der Waals surface area contributed by atoms with Crippen molar-refractivity contribution >= 4 is 11.8 Å². The number of hydrogen-bond donors (Lipinski definition) is 0. The largest absolute Gasteiger partial charge is 0.338 e. The molecule has 0 saturated carbocycles. The zero-order chi connectivity index (χ0) is 18.1. The number of halogens is 1. The van der Waals surface area contributed by atoms with Crippen molar-refractivity contribution < 1.29 is 14.0 Å². The maximum Gasteiger partial charge on any atom is 0.253 e. The average Bonchev–Trinajstić information content (AvgIpc) is 3.23. The molecule has 0 unspecified atom stereocenters. The molecule has 2 fully saturated rings. The third kappa shape index (κ3) is 2.96. The standard InChI is InChI=1S/C20H20FN3O2/c21-16-6-4-15(5-7-16)18(25)24-12-9-20(14-24)8-11-23(19(20)26)13-17-3-1-2-10-22-17/h1-7,10H,8-9,11-14H2/t20-/m1/s1. The molecule has 1 aromatic heterocycles. The average molecular weight is 353 g/mol. The van der Waals surface area contributed by atoms with Crippen LogP contribution >= 0.6 is 0 Å². The molecule has 4 rings (SSSR count). The van der Waals surface area contributed by atoms with Crippen LogP contribution in [0.3, 0.4) is 0 Å². The monoisotopic (exact) mass is 353 g/mol. The molecule has 6 heteroatoms. The second kappa shape index (κ2) is 6.52. The predicted octanol–water partition coefficient (Wildman–Crippen LogP) is 2.49. The Morgan fingerprint density at radius 1 is 1.12 bits per heavy atom. The molecule has 0 radical (unpaired) electrons. The van der Waals surface area contributed by atoms with Gasteiger partial charge in [-0.15, -0.1) is 0 Å². The number of pyridine rings is 1. The number of nitrogens with zero attached hydrogens (tertiary/aromatic N) is 3. The van der Waals surface area contributed by atoms with Gasteiger partial charge >= 0.3 is 0 Å². The smallest absolute Gasteiger partial charge is 0.253 e. The van der Waals surface area contributed by atoms with E-state index in [1.807, 2.05) is 23.1 Å². The number of amides is 2. The van der Waals surface area contributed by atoms with Gasteiger partial charge in [-0.1, -0.05) is 6.07 Å². The van der Waals surface area contributed by atoms with Crippen LogP contribution in [0.1, 0.15) is 28.9 Å². The third-order valence-corrected chi connectivity index (χ3v) is 5.41. The van der Waals surface area contributed by atoms with Gasteiger partial charge in [-0.25, -0.2) is 4.39 Å². The van der Waals surface area contributed by atoms with Gasteiger partial charge in [0, 0.05) is 31.4 Å². The quantitative estimate of drug-likeness (QED) is 0.852. The first kappa shape index (κ1) is 16.7. The number of carbonyl (C=O) groups is 2. The van der Waals surface area contributed by atoms with Gasteiger partial charge in [-0.05, 0) is 49.2 Å². The Kier molecular flexibility index (Phi) is 4.18. The molecular formula is C20H20FN3O2. The van der Waals surface area contributed by atoms with E-state index in [-0.39, 0.29) is 17.6 Å². The lowest BCUT2D eigenvalue weighted by molar-refractivity contribution is -0.135. The maximum atomic E-state index is 13.1. The highest BCUT2D eigenvalue weighted by atomic mass is 19.1. The van der Waals surface area contributed by atoms with Crippen molar-refractivity contribution in [3.05, 3.63) is 65.7 Å². The predicted molar refractivity (Wildman–Crippen MR) is 93.6 cm³/mol. The Bertz CT molecular complexity index is 825. The molecule has 2 aliphatic rings. The van der Waals surface area contributed by atoms with Crippen LogP contribution in [-0.2, 0) is 11.3 Å². The van der Waals surface area contributed by atoms with E-state index in [0.717, 1.165) is 12.1 Å². The van der Waals surface area contributed by atoms with Crippen LogP contribution in [0.15, 0.2) is 48.7 Å². The summed E-state index contributed by atoms with van der Waals surface area (Å²) in [5, 5.41) is 0. The van der Waals surface area contributed by atoms with Crippen molar-refractivity contribution in [3.63, 3.8) is 0 Å². The minimum atomic E-state index is -0.482. The topological polar surface area (TPSA) is 53.5 Å². The molecule has 1 spiro atoms. The van der Waals surface area contributed by atoms with Crippen molar-refractivity contribution in [2.75, 3.05) is 19.6 Å². The van der Waals surface area contributed by atoms with Crippen molar-refractivity contribution in [2.24, 2.45) is 5.41 Å². The minimum Gasteiger partial charge on any atom is -0.338 e. The number of likely N-dealkylation sites (tertiary alicyclic amines) is 2. The lowest BCUT2D eigenvalue weighted by atomic mass is 9.85. The van der Waals surface area contributed by atoms with Crippen molar-refractivity contribution in [1.29, 1.82) is 0 Å². The fourth-order valence-electron chi connectivity index (χ4n) is 3.93. The first-order valence-electron chi connectivity index (χ1n) is 8.82. The lowest BCUT2D eigenvalue weighted by Crippen LogP contribution is -2.38. The molecule has 1 atom stereocenters. The molecule has 26 heavy (non-hydrogen) atoms. The van der Waals surface area contributed by atoms with Crippen LogP contribution in [0.25, 0.3) is 0 Å². The Morgan fingerprint density at radius 2 is 1.88 bits per heavy atom. The van der Waals surface area contributed by atoms with Crippen LogP contribution < -0.4 is 0 Å². The fraction of sp³-hybridized carbons (Fsp3) is 0.350. The summed E-state index contributed by atoms with van der Waals surface area (Å²) >= 11 is 0. The van der Waals surface area contributed by atoms with Gasteiger partial charge in [0.15, 0.2) is 0 Å². The van der Waals surface area contributed by atoms with E-state index in [1.54, 1.807) is 11.1 Å². The minimum absolute atomic E-state index is 0.109. The summed E-state index contributed by atoms with van der Waals surface area (Å²) in [6.45, 7) is 2.18. The Morgan fingerprint density at radius 3 is 2.62 bits per heavy atom. The summed E-state index contributed by atoms with van der Waals surface area (Å²) in [4.78, 5) is 33.5. The summed E-state index contributed by atoms with van der Waals surface area (Å²) in [6.07, 6.45) is 3.16. The van der Waals surface area contributed by atoms with E-state index in [1.165, 1.54) is 24.3 Å². The molecule has 5 nitrogen and oxygen atoms in total. The van der Waals surface area contributed by atoms with Gasteiger partial charge in [0.05, 0.1) is 17.7 Å². The zero-order valence-corrected chi connectivity index (χ0v) is 14.4. The SMILES string of the molecule is O=C(c1ccc(F)cc1)N1CC[C@]2(CCN(Cc3ccccn3)C2=O)C1. The second-order valence-corrected chi connectivity index (χ2v) is 7.06. The van der Waals surface area contributed by atoms with Crippen LogP contribution in [0.5, 0.6) is 0 Å². The number of benzene rings is 1. The molecule has 2 saturated heterocycles. The number of aromatic nitrogens is 1. The molecule has 0 aliphatic carbocycles. The first-order chi connectivity index (χ1) is 12.6. The molecular weight excluding hydrogens is 333 g/mol. The summed E-state index contributed by atoms with van der Waals surface area (Å²) in [5.74, 6) is -0.397. The van der Waals surface area contributed by atoms with Crippen LogP contribution in [0.2, 0.25) is 0 Å². The van der Waals surface area contributed by atoms with Gasteiger partial charge in [0.1, 0.15) is 5.82 Å². The van der Waals surface area contributed by atoms with Crippen molar-refractivity contribution in [2.45, 2.75) is 19.4 Å². The van der Waals surface area contributed by atoms with Gasteiger partial charge in [-0.2, -0.15) is 0 Å². The third-order valence-electron chi connectivity index (χ3n) is 5.41. The number of carbonyl (C=O) groups excluding carboxylic acids is 2. The molecule has 1 aromatic carbocycles. The van der Waals surface area contributed by atoms with Gasteiger partial charge in [-0.3, -0.25) is 14.6 Å². The van der Waals surface area contributed by atoms with Crippen LogP contribution in [0.4, 0.5) is 4.39 Å². The highest BCUT2D eigenvalue weighted by Crippen LogP contribution is 2.41. The normalized spacial score (nSPS) is 22.4. The van der Waals surface area contributed by atoms with E-state index in [2.05, 4.69) is 4.98 Å². The van der Waals surface area contributed by atoms with E-state index in [4.69, 9.17) is 0 Å². The summed E-state index contributed by atoms with van der Waals surface area (Å²) < 4.78 is 13.1. The van der Waals surface area contributed by atoms with Crippen LogP contribution in [-0.4, -0.2) is 46.2 Å². The summed E-state index contributed by atoms with van der Waals surface area (Å²) in [5.41, 5.74) is 0.846. The maximum absolute atomic E-state index is 13.1. The van der Waals surface area contributed by atoms with E-state index in [9.17, 15) is 14.0 Å². The Hall–Kier alpha value is -2.76.